The molecule has 0 aromatic heterocycles. The number of hydrogen-bond donors (Lipinski definition) is 1. The SMILES string of the molecule is C=CNC(C/C=C(/C)C1CCCC1C)=NC1CCN(C)CC1. The lowest BCUT2D eigenvalue weighted by Crippen LogP contribution is -2.33. The van der Waals surface area contributed by atoms with Gasteiger partial charge in [-0.1, -0.05) is 38.0 Å². The number of likely N-dealkylation sites (tertiary alicyclic amines) is 1. The van der Waals surface area contributed by atoms with Gasteiger partial charge in [0.1, 0.15) is 5.84 Å². The van der Waals surface area contributed by atoms with Gasteiger partial charge >= 0.3 is 0 Å². The van der Waals surface area contributed by atoms with Crippen LogP contribution in [0.1, 0.15) is 52.4 Å². The maximum Gasteiger partial charge on any atom is 0.104 e. The van der Waals surface area contributed by atoms with E-state index in [9.17, 15) is 0 Å². The van der Waals surface area contributed by atoms with E-state index in [1.165, 1.54) is 32.1 Å². The molecule has 3 nitrogen and oxygen atoms in total. The summed E-state index contributed by atoms with van der Waals surface area (Å²) in [5.74, 6) is 2.71. The zero-order chi connectivity index (χ0) is 15.9. The maximum atomic E-state index is 4.94. The van der Waals surface area contributed by atoms with E-state index < -0.39 is 0 Å². The van der Waals surface area contributed by atoms with Gasteiger partial charge in [0.15, 0.2) is 0 Å². The molecule has 1 heterocycles. The van der Waals surface area contributed by atoms with E-state index in [4.69, 9.17) is 4.99 Å². The van der Waals surface area contributed by atoms with Crippen LogP contribution in [-0.2, 0) is 0 Å². The molecule has 2 aliphatic rings. The van der Waals surface area contributed by atoms with Crippen LogP contribution in [0.4, 0.5) is 0 Å². The number of aliphatic imine (C=N–C) groups is 1. The van der Waals surface area contributed by atoms with E-state index >= 15 is 0 Å². The van der Waals surface area contributed by atoms with Crippen molar-refractivity contribution in [1.82, 2.24) is 10.2 Å². The zero-order valence-corrected chi connectivity index (χ0v) is 14.6. The van der Waals surface area contributed by atoms with Crippen LogP contribution in [-0.4, -0.2) is 36.9 Å². The topological polar surface area (TPSA) is 27.6 Å². The van der Waals surface area contributed by atoms with Crippen LogP contribution in [0.2, 0.25) is 0 Å². The quantitative estimate of drug-likeness (QED) is 0.472. The molecule has 2 atom stereocenters. The number of amidine groups is 1. The minimum Gasteiger partial charge on any atom is -0.351 e. The number of allylic oxidation sites excluding steroid dienone is 1. The highest BCUT2D eigenvalue weighted by molar-refractivity contribution is 5.84. The number of hydrogen-bond acceptors (Lipinski definition) is 2. The molecular weight excluding hydrogens is 270 g/mol. The van der Waals surface area contributed by atoms with E-state index in [1.807, 2.05) is 0 Å². The second kappa shape index (κ2) is 8.52. The maximum absolute atomic E-state index is 4.94. The minimum atomic E-state index is 0.470. The van der Waals surface area contributed by atoms with Gasteiger partial charge in [0.25, 0.3) is 0 Å². The fourth-order valence-electron chi connectivity index (χ4n) is 3.84. The third kappa shape index (κ3) is 4.98. The molecule has 1 aliphatic carbocycles. The average molecular weight is 303 g/mol. The van der Waals surface area contributed by atoms with Crippen molar-refractivity contribution in [1.29, 1.82) is 0 Å². The summed E-state index contributed by atoms with van der Waals surface area (Å²) in [5, 5.41) is 3.25. The fraction of sp³-hybridized carbons (Fsp3) is 0.737. The van der Waals surface area contributed by atoms with Crippen molar-refractivity contribution in [2.24, 2.45) is 16.8 Å². The third-order valence-corrected chi connectivity index (χ3v) is 5.36. The highest BCUT2D eigenvalue weighted by Crippen LogP contribution is 2.36. The first kappa shape index (κ1) is 17.3. The summed E-state index contributed by atoms with van der Waals surface area (Å²) in [4.78, 5) is 7.33. The molecule has 124 valence electrons. The predicted octanol–water partition coefficient (Wildman–Crippen LogP) is 3.98. The van der Waals surface area contributed by atoms with E-state index in [0.717, 1.165) is 37.2 Å². The molecule has 2 rings (SSSR count). The van der Waals surface area contributed by atoms with Crippen LogP contribution in [0, 0.1) is 11.8 Å². The molecule has 3 heteroatoms. The molecule has 22 heavy (non-hydrogen) atoms. The standard InChI is InChI=1S/C19H33N3/c1-5-20-19(21-17-11-13-22(4)14-12-17)10-9-16(3)18-8-6-7-15(18)2/h5,9,15,17-18H,1,6-8,10-14H2,2-4H3,(H,20,21)/b16-9-. The van der Waals surface area contributed by atoms with Crippen molar-refractivity contribution >= 4 is 5.84 Å². The van der Waals surface area contributed by atoms with E-state index in [2.05, 4.69) is 43.8 Å². The summed E-state index contributed by atoms with van der Waals surface area (Å²) in [6.07, 6.45) is 11.5. The van der Waals surface area contributed by atoms with Gasteiger partial charge in [-0.05, 0) is 64.4 Å². The molecule has 0 amide bonds. The fourth-order valence-corrected chi connectivity index (χ4v) is 3.84. The Labute approximate surface area is 136 Å². The molecule has 1 saturated heterocycles. The highest BCUT2D eigenvalue weighted by Gasteiger charge is 2.24. The van der Waals surface area contributed by atoms with Gasteiger partial charge in [0.2, 0.25) is 0 Å². The third-order valence-electron chi connectivity index (χ3n) is 5.36. The summed E-state index contributed by atoms with van der Waals surface area (Å²) in [7, 11) is 2.19. The second-order valence-electron chi connectivity index (χ2n) is 7.13. The van der Waals surface area contributed by atoms with Gasteiger partial charge in [-0.15, -0.1) is 0 Å². The molecule has 1 aliphatic heterocycles. The Morgan fingerprint density at radius 3 is 2.59 bits per heavy atom. The van der Waals surface area contributed by atoms with Crippen LogP contribution in [0.3, 0.4) is 0 Å². The van der Waals surface area contributed by atoms with Crippen molar-refractivity contribution < 1.29 is 0 Å². The minimum absolute atomic E-state index is 0.470. The molecular formula is C19H33N3. The summed E-state index contributed by atoms with van der Waals surface area (Å²) in [5.41, 5.74) is 1.55. The molecule has 1 N–H and O–H groups in total. The second-order valence-corrected chi connectivity index (χ2v) is 7.13. The van der Waals surface area contributed by atoms with Gasteiger partial charge in [0, 0.05) is 6.42 Å². The van der Waals surface area contributed by atoms with Gasteiger partial charge in [-0.25, -0.2) is 0 Å². The summed E-state index contributed by atoms with van der Waals surface area (Å²) in [6, 6.07) is 0.470. The van der Waals surface area contributed by atoms with Gasteiger partial charge in [0.05, 0.1) is 6.04 Å². The van der Waals surface area contributed by atoms with E-state index in [1.54, 1.807) is 11.8 Å². The molecule has 2 unspecified atom stereocenters. The van der Waals surface area contributed by atoms with Gasteiger partial charge in [-0.2, -0.15) is 0 Å². The van der Waals surface area contributed by atoms with Crippen LogP contribution < -0.4 is 5.32 Å². The van der Waals surface area contributed by atoms with Gasteiger partial charge < -0.3 is 10.2 Å². The lowest BCUT2D eigenvalue weighted by molar-refractivity contribution is 0.257. The zero-order valence-electron chi connectivity index (χ0n) is 14.6. The first-order valence-electron chi connectivity index (χ1n) is 8.89. The summed E-state index contributed by atoms with van der Waals surface area (Å²) in [6.45, 7) is 10.8. The Morgan fingerprint density at radius 2 is 2.00 bits per heavy atom. The molecule has 0 aromatic carbocycles. The number of nitrogens with zero attached hydrogens (tertiary/aromatic N) is 2. The monoisotopic (exact) mass is 303 g/mol. The molecule has 2 fully saturated rings. The Kier molecular flexibility index (Phi) is 6.69. The predicted molar refractivity (Wildman–Crippen MR) is 96.2 cm³/mol. The van der Waals surface area contributed by atoms with Crippen LogP contribution in [0.5, 0.6) is 0 Å². The van der Waals surface area contributed by atoms with Crippen molar-refractivity contribution in [3.05, 3.63) is 24.4 Å². The number of piperidine rings is 1. The Morgan fingerprint density at radius 1 is 1.27 bits per heavy atom. The Balaban J connectivity index is 1.94. The molecule has 1 saturated carbocycles. The normalized spacial score (nSPS) is 28.9. The van der Waals surface area contributed by atoms with Crippen molar-refractivity contribution in [2.75, 3.05) is 20.1 Å². The Bertz CT molecular complexity index is 416. The molecule has 0 bridgehead atoms. The molecule has 0 aromatic rings. The summed E-state index contributed by atoms with van der Waals surface area (Å²) >= 11 is 0. The number of nitrogens with one attached hydrogen (secondary N) is 1. The highest BCUT2D eigenvalue weighted by atomic mass is 15.1. The van der Waals surface area contributed by atoms with Gasteiger partial charge in [-0.3, -0.25) is 4.99 Å². The first-order valence-corrected chi connectivity index (χ1v) is 8.89. The molecule has 0 spiro atoms. The largest absolute Gasteiger partial charge is 0.351 e. The van der Waals surface area contributed by atoms with Crippen LogP contribution in [0.25, 0.3) is 0 Å². The summed E-state index contributed by atoms with van der Waals surface area (Å²) < 4.78 is 0. The van der Waals surface area contributed by atoms with E-state index in [0.29, 0.717) is 6.04 Å². The van der Waals surface area contributed by atoms with Crippen molar-refractivity contribution in [2.45, 2.75) is 58.4 Å². The first-order chi connectivity index (χ1) is 10.6. The van der Waals surface area contributed by atoms with E-state index in [-0.39, 0.29) is 0 Å². The average Bonchev–Trinajstić information content (AvgIpc) is 2.93. The van der Waals surface area contributed by atoms with Crippen LogP contribution >= 0.6 is 0 Å². The van der Waals surface area contributed by atoms with Crippen LogP contribution in [0.15, 0.2) is 29.4 Å². The lowest BCUT2D eigenvalue weighted by Gasteiger charge is -2.27. The van der Waals surface area contributed by atoms with Crippen molar-refractivity contribution in [3.63, 3.8) is 0 Å². The van der Waals surface area contributed by atoms with Crippen molar-refractivity contribution in [3.8, 4) is 0 Å². The number of rotatable bonds is 5. The smallest absolute Gasteiger partial charge is 0.104 e. The lowest BCUT2D eigenvalue weighted by atomic mass is 9.90. The Hall–Kier alpha value is -1.09. The molecule has 0 radical (unpaired) electrons.